The van der Waals surface area contributed by atoms with E-state index in [0.29, 0.717) is 0 Å². The molecule has 0 aliphatic heterocycles. The van der Waals surface area contributed by atoms with E-state index in [2.05, 4.69) is 10.6 Å². The van der Waals surface area contributed by atoms with E-state index in [9.17, 15) is 14.4 Å². The molecule has 1 rings (SSSR count). The summed E-state index contributed by atoms with van der Waals surface area (Å²) in [7, 11) is 0. The Morgan fingerprint density at radius 2 is 1.71 bits per heavy atom. The van der Waals surface area contributed by atoms with Crippen molar-refractivity contribution in [1.29, 1.82) is 0 Å². The largest absolute Gasteiger partial charge is 0.480 e. The lowest BCUT2D eigenvalue weighted by molar-refractivity contribution is -0.138. The quantitative estimate of drug-likeness (QED) is 0.679. The van der Waals surface area contributed by atoms with Crippen LogP contribution in [0, 0.1) is 0 Å². The molecule has 7 heteroatoms. The minimum absolute atomic E-state index is 0.0122. The number of hydrogen-bond acceptors (Lipinski definition) is 3. The van der Waals surface area contributed by atoms with E-state index in [1.54, 1.807) is 6.92 Å². The van der Waals surface area contributed by atoms with Gasteiger partial charge in [-0.2, -0.15) is 0 Å². The van der Waals surface area contributed by atoms with Gasteiger partial charge in [-0.15, -0.1) is 0 Å². The third-order valence-corrected chi connectivity index (χ3v) is 3.50. The average Bonchev–Trinajstić information content (AvgIpc) is 2.88. The van der Waals surface area contributed by atoms with Crippen LogP contribution in [0.4, 0.5) is 4.79 Å². The second-order valence-corrected chi connectivity index (χ2v) is 5.79. The number of carboxylic acid groups (broad SMARTS) is 1. The highest BCUT2D eigenvalue weighted by Gasteiger charge is 2.29. The van der Waals surface area contributed by atoms with Gasteiger partial charge in [0.2, 0.25) is 5.91 Å². The van der Waals surface area contributed by atoms with Gasteiger partial charge in [-0.05, 0) is 33.6 Å². The predicted molar refractivity (Wildman–Crippen MR) is 77.9 cm³/mol. The van der Waals surface area contributed by atoms with Crippen molar-refractivity contribution in [3.05, 3.63) is 0 Å². The Morgan fingerprint density at radius 1 is 1.14 bits per heavy atom. The first kappa shape index (κ1) is 17.3. The number of carboxylic acids is 1. The molecule has 0 aromatic heterocycles. The van der Waals surface area contributed by atoms with Crippen molar-refractivity contribution in [2.45, 2.75) is 64.6 Å². The SMILES string of the molecule is CC(C)NC(=O)C(C)NC(=O)N(CC(=O)O)C1CCCC1. The second kappa shape index (κ2) is 7.85. The molecule has 1 unspecified atom stereocenters. The molecule has 0 bridgehead atoms. The number of aliphatic carboxylic acids is 1. The van der Waals surface area contributed by atoms with Crippen molar-refractivity contribution in [2.75, 3.05) is 6.54 Å². The lowest BCUT2D eigenvalue weighted by Crippen LogP contribution is -2.54. The van der Waals surface area contributed by atoms with E-state index in [4.69, 9.17) is 5.11 Å². The molecule has 0 aromatic rings. The lowest BCUT2D eigenvalue weighted by atomic mass is 10.2. The first-order valence-corrected chi connectivity index (χ1v) is 7.40. The Kier molecular flexibility index (Phi) is 6.45. The topological polar surface area (TPSA) is 98.7 Å². The molecule has 1 atom stereocenters. The van der Waals surface area contributed by atoms with Gasteiger partial charge in [-0.25, -0.2) is 4.79 Å². The molecule has 1 saturated carbocycles. The highest BCUT2D eigenvalue weighted by Crippen LogP contribution is 2.23. The third-order valence-electron chi connectivity index (χ3n) is 3.50. The summed E-state index contributed by atoms with van der Waals surface area (Å²) in [5, 5.41) is 14.2. The number of rotatable bonds is 6. The molecule has 0 radical (unpaired) electrons. The minimum Gasteiger partial charge on any atom is -0.480 e. The maximum Gasteiger partial charge on any atom is 0.323 e. The molecule has 3 N–H and O–H groups in total. The molecular formula is C14H25N3O4. The van der Waals surface area contributed by atoms with E-state index >= 15 is 0 Å². The van der Waals surface area contributed by atoms with E-state index in [1.807, 2.05) is 13.8 Å². The molecule has 0 aromatic carbocycles. The molecule has 1 aliphatic rings. The normalized spacial score (nSPS) is 16.6. The fourth-order valence-electron chi connectivity index (χ4n) is 2.47. The van der Waals surface area contributed by atoms with Crippen LogP contribution in [0.15, 0.2) is 0 Å². The number of urea groups is 1. The van der Waals surface area contributed by atoms with Crippen LogP contribution in [0.3, 0.4) is 0 Å². The van der Waals surface area contributed by atoms with Gasteiger partial charge in [0.05, 0.1) is 0 Å². The number of hydrogen-bond donors (Lipinski definition) is 3. The highest BCUT2D eigenvalue weighted by atomic mass is 16.4. The fourth-order valence-corrected chi connectivity index (χ4v) is 2.47. The predicted octanol–water partition coefficient (Wildman–Crippen LogP) is 0.938. The zero-order valence-electron chi connectivity index (χ0n) is 12.9. The molecule has 7 nitrogen and oxygen atoms in total. The summed E-state index contributed by atoms with van der Waals surface area (Å²) < 4.78 is 0. The van der Waals surface area contributed by atoms with E-state index in [-0.39, 0.29) is 24.5 Å². The monoisotopic (exact) mass is 299 g/mol. The van der Waals surface area contributed by atoms with E-state index in [1.165, 1.54) is 4.90 Å². The zero-order chi connectivity index (χ0) is 16.0. The number of nitrogens with zero attached hydrogens (tertiary/aromatic N) is 1. The Hall–Kier alpha value is -1.79. The summed E-state index contributed by atoms with van der Waals surface area (Å²) >= 11 is 0. The van der Waals surface area contributed by atoms with Crippen molar-refractivity contribution in [1.82, 2.24) is 15.5 Å². The summed E-state index contributed by atoms with van der Waals surface area (Å²) in [5.41, 5.74) is 0. The Labute approximate surface area is 125 Å². The van der Waals surface area contributed by atoms with Crippen LogP contribution in [0.2, 0.25) is 0 Å². The molecule has 120 valence electrons. The lowest BCUT2D eigenvalue weighted by Gasteiger charge is -2.29. The number of carbonyl (C=O) groups excluding carboxylic acids is 2. The van der Waals surface area contributed by atoms with Crippen LogP contribution in [0.1, 0.15) is 46.5 Å². The first-order valence-electron chi connectivity index (χ1n) is 7.40. The van der Waals surface area contributed by atoms with Gasteiger partial charge in [0.15, 0.2) is 0 Å². The van der Waals surface area contributed by atoms with Crippen LogP contribution in [-0.4, -0.2) is 52.6 Å². The van der Waals surface area contributed by atoms with Crippen molar-refractivity contribution in [2.24, 2.45) is 0 Å². The number of nitrogens with one attached hydrogen (secondary N) is 2. The number of amides is 3. The van der Waals surface area contributed by atoms with Gasteiger partial charge in [0, 0.05) is 12.1 Å². The van der Waals surface area contributed by atoms with Crippen molar-refractivity contribution in [3.8, 4) is 0 Å². The Balaban J connectivity index is 2.62. The smallest absolute Gasteiger partial charge is 0.323 e. The Morgan fingerprint density at radius 3 is 2.19 bits per heavy atom. The molecular weight excluding hydrogens is 274 g/mol. The summed E-state index contributed by atoms with van der Waals surface area (Å²) in [6.07, 6.45) is 3.62. The van der Waals surface area contributed by atoms with Crippen LogP contribution in [0.25, 0.3) is 0 Å². The Bertz CT molecular complexity index is 392. The third kappa shape index (κ3) is 5.61. The molecule has 1 aliphatic carbocycles. The van der Waals surface area contributed by atoms with Crippen molar-refractivity contribution < 1.29 is 19.5 Å². The van der Waals surface area contributed by atoms with Gasteiger partial charge in [0.1, 0.15) is 12.6 Å². The highest BCUT2D eigenvalue weighted by molar-refractivity contribution is 5.88. The van der Waals surface area contributed by atoms with Crippen LogP contribution >= 0.6 is 0 Å². The molecule has 0 spiro atoms. The van der Waals surface area contributed by atoms with Gasteiger partial charge in [-0.3, -0.25) is 9.59 Å². The maximum absolute atomic E-state index is 12.2. The number of carbonyl (C=O) groups is 3. The van der Waals surface area contributed by atoms with Gasteiger partial charge in [-0.1, -0.05) is 12.8 Å². The molecule has 0 heterocycles. The molecule has 3 amide bonds. The van der Waals surface area contributed by atoms with E-state index in [0.717, 1.165) is 25.7 Å². The van der Waals surface area contributed by atoms with Gasteiger partial charge >= 0.3 is 12.0 Å². The van der Waals surface area contributed by atoms with Crippen LogP contribution in [-0.2, 0) is 9.59 Å². The molecule has 1 fully saturated rings. The molecule has 21 heavy (non-hydrogen) atoms. The van der Waals surface area contributed by atoms with Crippen LogP contribution < -0.4 is 10.6 Å². The van der Waals surface area contributed by atoms with Crippen LogP contribution in [0.5, 0.6) is 0 Å². The maximum atomic E-state index is 12.2. The van der Waals surface area contributed by atoms with E-state index < -0.39 is 18.0 Å². The minimum atomic E-state index is -1.05. The second-order valence-electron chi connectivity index (χ2n) is 5.79. The van der Waals surface area contributed by atoms with Crippen molar-refractivity contribution in [3.63, 3.8) is 0 Å². The molecule has 0 saturated heterocycles. The fraction of sp³-hybridized carbons (Fsp3) is 0.786. The summed E-state index contributed by atoms with van der Waals surface area (Å²) in [6, 6.07) is -1.25. The summed E-state index contributed by atoms with van der Waals surface area (Å²) in [5.74, 6) is -1.32. The summed E-state index contributed by atoms with van der Waals surface area (Å²) in [6.45, 7) is 4.92. The summed E-state index contributed by atoms with van der Waals surface area (Å²) in [4.78, 5) is 36.3. The first-order chi connectivity index (χ1) is 9.81. The van der Waals surface area contributed by atoms with Crippen molar-refractivity contribution >= 4 is 17.9 Å². The van der Waals surface area contributed by atoms with Gasteiger partial charge in [0.25, 0.3) is 0 Å². The standard InChI is InChI=1S/C14H25N3O4/c1-9(2)15-13(20)10(3)16-14(21)17(8-12(18)19)11-6-4-5-7-11/h9-11H,4-8H2,1-3H3,(H,15,20)(H,16,21)(H,18,19). The average molecular weight is 299 g/mol. The zero-order valence-corrected chi connectivity index (χ0v) is 12.9. The van der Waals surface area contributed by atoms with Gasteiger partial charge < -0.3 is 20.6 Å².